The van der Waals surface area contributed by atoms with Gasteiger partial charge in [0.15, 0.2) is 0 Å². The highest BCUT2D eigenvalue weighted by Crippen LogP contribution is 2.49. The first-order valence-corrected chi connectivity index (χ1v) is 6.40. The molecule has 1 aromatic carbocycles. The molecule has 0 saturated heterocycles. The summed E-state index contributed by atoms with van der Waals surface area (Å²) in [5.41, 5.74) is -0.658. The number of carbonyl (C=O) groups excluding carboxylic acids is 1. The van der Waals surface area contributed by atoms with Gasteiger partial charge in [-0.3, -0.25) is 0 Å². The van der Waals surface area contributed by atoms with Crippen LogP contribution in [0.4, 0.5) is 4.39 Å². The number of halogens is 1. The summed E-state index contributed by atoms with van der Waals surface area (Å²) in [6, 6.07) is 5.21. The molecule has 1 aromatic rings. The monoisotopic (exact) mass is 263 g/mol. The topological polar surface area (TPSA) is 38.7 Å². The molecule has 1 saturated carbocycles. The summed E-state index contributed by atoms with van der Waals surface area (Å²) in [4.78, 5) is 14.6. The molecular formula is C15H18FNO2. The van der Waals surface area contributed by atoms with E-state index in [1.165, 1.54) is 13.8 Å². The summed E-state index contributed by atoms with van der Waals surface area (Å²) in [5, 5.41) is 0. The van der Waals surface area contributed by atoms with Gasteiger partial charge in [-0.1, -0.05) is 6.07 Å². The minimum Gasteiger partial charge on any atom is -0.496 e. The molecule has 19 heavy (non-hydrogen) atoms. The van der Waals surface area contributed by atoms with E-state index in [0.29, 0.717) is 11.3 Å². The predicted molar refractivity (Wildman–Crippen MR) is 70.8 cm³/mol. The Morgan fingerprint density at radius 2 is 2.11 bits per heavy atom. The van der Waals surface area contributed by atoms with Crippen molar-refractivity contribution in [3.63, 3.8) is 0 Å². The predicted octanol–water partition coefficient (Wildman–Crippen LogP) is 3.61. The van der Waals surface area contributed by atoms with Crippen molar-refractivity contribution in [1.29, 1.82) is 0 Å². The van der Waals surface area contributed by atoms with Gasteiger partial charge in [-0.15, -0.1) is 0 Å². The van der Waals surface area contributed by atoms with Gasteiger partial charge in [0.05, 0.1) is 7.11 Å². The lowest BCUT2D eigenvalue weighted by Gasteiger charge is -2.38. The third kappa shape index (κ3) is 2.41. The lowest BCUT2D eigenvalue weighted by molar-refractivity contribution is 0.217. The fourth-order valence-corrected chi connectivity index (χ4v) is 2.48. The van der Waals surface area contributed by atoms with E-state index in [9.17, 15) is 9.18 Å². The zero-order chi connectivity index (χ0) is 14.1. The molecule has 0 aromatic heterocycles. The zero-order valence-corrected chi connectivity index (χ0v) is 11.5. The first-order chi connectivity index (χ1) is 8.93. The van der Waals surface area contributed by atoms with Gasteiger partial charge in [0, 0.05) is 5.56 Å². The van der Waals surface area contributed by atoms with E-state index in [1.54, 1.807) is 31.4 Å². The van der Waals surface area contributed by atoms with Crippen LogP contribution in [0.15, 0.2) is 23.2 Å². The van der Waals surface area contributed by atoms with Crippen LogP contribution in [0.1, 0.15) is 44.2 Å². The quantitative estimate of drug-likeness (QED) is 0.614. The first-order valence-electron chi connectivity index (χ1n) is 6.40. The number of methoxy groups -OCH3 is 1. The molecular weight excluding hydrogens is 245 g/mol. The van der Waals surface area contributed by atoms with E-state index in [0.717, 1.165) is 24.8 Å². The van der Waals surface area contributed by atoms with Crippen LogP contribution in [-0.4, -0.2) is 13.2 Å². The third-order valence-corrected chi connectivity index (χ3v) is 3.83. The number of rotatable bonds is 4. The number of aliphatic imine (C=N–C) groups is 1. The summed E-state index contributed by atoms with van der Waals surface area (Å²) < 4.78 is 19.4. The van der Waals surface area contributed by atoms with E-state index in [4.69, 9.17) is 4.74 Å². The summed E-state index contributed by atoms with van der Waals surface area (Å²) in [5.74, 6) is 0.645. The molecule has 1 aliphatic carbocycles. The molecule has 0 atom stereocenters. The minimum atomic E-state index is -1.43. The Morgan fingerprint density at radius 1 is 1.42 bits per heavy atom. The van der Waals surface area contributed by atoms with Crippen LogP contribution in [0, 0.1) is 0 Å². The highest BCUT2D eigenvalue weighted by Gasteiger charge is 2.41. The molecule has 1 aliphatic rings. The van der Waals surface area contributed by atoms with Crippen LogP contribution >= 0.6 is 0 Å². The van der Waals surface area contributed by atoms with E-state index in [-0.39, 0.29) is 0 Å². The maximum Gasteiger partial charge on any atom is 0.235 e. The van der Waals surface area contributed by atoms with Crippen LogP contribution in [0.3, 0.4) is 0 Å². The maximum atomic E-state index is 14.1. The molecule has 0 heterocycles. The molecule has 0 radical (unpaired) electrons. The molecule has 0 bridgehead atoms. The Hall–Kier alpha value is -1.67. The highest BCUT2D eigenvalue weighted by molar-refractivity contribution is 5.48. The Morgan fingerprint density at radius 3 is 2.53 bits per heavy atom. The number of isocyanates is 1. The fourth-order valence-electron chi connectivity index (χ4n) is 2.48. The van der Waals surface area contributed by atoms with Crippen molar-refractivity contribution in [3.05, 3.63) is 29.3 Å². The molecule has 0 amide bonds. The largest absolute Gasteiger partial charge is 0.496 e. The maximum absolute atomic E-state index is 14.1. The smallest absolute Gasteiger partial charge is 0.235 e. The van der Waals surface area contributed by atoms with E-state index >= 15 is 0 Å². The Bertz CT molecular complexity index is 523. The number of alkyl halides is 1. The van der Waals surface area contributed by atoms with Gasteiger partial charge in [0.25, 0.3) is 0 Å². The average Bonchev–Trinajstić information content (AvgIpc) is 2.32. The van der Waals surface area contributed by atoms with E-state index in [2.05, 4.69) is 4.99 Å². The van der Waals surface area contributed by atoms with Gasteiger partial charge < -0.3 is 4.74 Å². The second-order valence-corrected chi connectivity index (χ2v) is 5.48. The molecule has 1 fully saturated rings. The second kappa shape index (κ2) is 4.78. The van der Waals surface area contributed by atoms with Crippen molar-refractivity contribution in [3.8, 4) is 5.75 Å². The number of nitrogens with zero attached hydrogens (tertiary/aromatic N) is 1. The standard InChI is InChI=1S/C15H18FNO2/c1-14(2,16)11-5-6-13(19-3)12(9-11)15(17-10-18)7-4-8-15/h5-6,9H,4,7-8H2,1-3H3. The van der Waals surface area contributed by atoms with Crippen LogP contribution in [0.25, 0.3) is 0 Å². The summed E-state index contributed by atoms with van der Waals surface area (Å²) >= 11 is 0. The van der Waals surface area contributed by atoms with Gasteiger partial charge in [0.2, 0.25) is 6.08 Å². The summed E-state index contributed by atoms with van der Waals surface area (Å²) in [6.45, 7) is 3.02. The van der Waals surface area contributed by atoms with Gasteiger partial charge in [-0.2, -0.15) is 4.99 Å². The SMILES string of the molecule is COc1ccc(C(C)(C)F)cc1C1(N=C=O)CCC1. The molecule has 2 rings (SSSR count). The summed E-state index contributed by atoms with van der Waals surface area (Å²) in [7, 11) is 1.57. The Balaban J connectivity index is 2.56. The van der Waals surface area contributed by atoms with Crippen molar-refractivity contribution >= 4 is 6.08 Å². The molecule has 0 aliphatic heterocycles. The summed E-state index contributed by atoms with van der Waals surface area (Å²) in [6.07, 6.45) is 4.19. The average molecular weight is 263 g/mol. The van der Waals surface area contributed by atoms with Crippen molar-refractivity contribution in [2.24, 2.45) is 4.99 Å². The first kappa shape index (κ1) is 13.8. The molecule has 4 heteroatoms. The fraction of sp³-hybridized carbons (Fsp3) is 0.533. The number of hydrogen-bond donors (Lipinski definition) is 0. The Labute approximate surface area is 112 Å². The normalized spacial score (nSPS) is 17.3. The number of hydrogen-bond acceptors (Lipinski definition) is 3. The molecule has 0 unspecified atom stereocenters. The van der Waals surface area contributed by atoms with Crippen molar-refractivity contribution in [2.75, 3.05) is 7.11 Å². The van der Waals surface area contributed by atoms with Crippen LogP contribution < -0.4 is 4.74 Å². The van der Waals surface area contributed by atoms with E-state index < -0.39 is 11.2 Å². The zero-order valence-electron chi connectivity index (χ0n) is 11.5. The number of benzene rings is 1. The van der Waals surface area contributed by atoms with Gasteiger partial charge in [-0.25, -0.2) is 9.18 Å². The minimum absolute atomic E-state index is 0.565. The van der Waals surface area contributed by atoms with Crippen molar-refractivity contribution in [2.45, 2.75) is 44.3 Å². The lowest BCUT2D eigenvalue weighted by atomic mass is 9.71. The van der Waals surface area contributed by atoms with Crippen molar-refractivity contribution < 1.29 is 13.9 Å². The van der Waals surface area contributed by atoms with Gasteiger partial charge in [-0.05, 0) is 50.8 Å². The number of ether oxygens (including phenoxy) is 1. The Kier molecular flexibility index (Phi) is 3.46. The molecule has 3 nitrogen and oxygen atoms in total. The van der Waals surface area contributed by atoms with Crippen LogP contribution in [-0.2, 0) is 16.0 Å². The van der Waals surface area contributed by atoms with Gasteiger partial charge >= 0.3 is 0 Å². The molecule has 102 valence electrons. The second-order valence-electron chi connectivity index (χ2n) is 5.48. The van der Waals surface area contributed by atoms with Crippen LogP contribution in [0.2, 0.25) is 0 Å². The molecule has 0 N–H and O–H groups in total. The van der Waals surface area contributed by atoms with E-state index in [1.807, 2.05) is 0 Å². The van der Waals surface area contributed by atoms with Crippen LogP contribution in [0.5, 0.6) is 5.75 Å². The third-order valence-electron chi connectivity index (χ3n) is 3.83. The van der Waals surface area contributed by atoms with Crippen molar-refractivity contribution in [1.82, 2.24) is 0 Å². The lowest BCUT2D eigenvalue weighted by Crippen LogP contribution is -2.32. The highest BCUT2D eigenvalue weighted by atomic mass is 19.1. The van der Waals surface area contributed by atoms with Gasteiger partial charge in [0.1, 0.15) is 17.0 Å². The molecule has 0 spiro atoms.